The smallest absolute Gasteiger partial charge is 0.435 e. The number of hydrogen-bond acceptors (Lipinski definition) is 4. The Labute approximate surface area is 126 Å². The maximum absolute atomic E-state index is 13.0. The van der Waals surface area contributed by atoms with Crippen LogP contribution in [0.4, 0.5) is 9.18 Å². The van der Waals surface area contributed by atoms with E-state index in [1.807, 2.05) is 0 Å². The van der Waals surface area contributed by atoms with Gasteiger partial charge >= 0.3 is 12.1 Å². The van der Waals surface area contributed by atoms with Crippen LogP contribution in [0, 0.1) is 5.82 Å². The molecule has 0 atom stereocenters. The molecule has 116 valence electrons. The van der Waals surface area contributed by atoms with Crippen molar-refractivity contribution in [2.75, 3.05) is 0 Å². The first-order chi connectivity index (χ1) is 10.2. The average Bonchev–Trinajstić information content (AvgIpc) is 2.82. The number of aromatic carboxylic acids is 1. The second kappa shape index (κ2) is 5.59. The van der Waals surface area contributed by atoms with Crippen LogP contribution in [0.1, 0.15) is 31.1 Å². The van der Waals surface area contributed by atoms with Crippen molar-refractivity contribution in [3.8, 4) is 11.3 Å². The van der Waals surface area contributed by atoms with E-state index in [0.717, 1.165) is 10.9 Å². The van der Waals surface area contributed by atoms with Crippen LogP contribution in [0.3, 0.4) is 0 Å². The predicted molar refractivity (Wildman–Crippen MR) is 76.2 cm³/mol. The van der Waals surface area contributed by atoms with Gasteiger partial charge in [0.1, 0.15) is 17.0 Å². The Balaban J connectivity index is 2.54. The van der Waals surface area contributed by atoms with Gasteiger partial charge in [0.2, 0.25) is 0 Å². The number of carboxylic acid groups (broad SMARTS) is 1. The van der Waals surface area contributed by atoms with E-state index in [-0.39, 0.29) is 11.3 Å². The van der Waals surface area contributed by atoms with Gasteiger partial charge in [0, 0.05) is 5.56 Å². The van der Waals surface area contributed by atoms with Crippen molar-refractivity contribution < 1.29 is 23.8 Å². The summed E-state index contributed by atoms with van der Waals surface area (Å²) in [5, 5.41) is 13.0. The molecular formula is C15H15FN2O4. The van der Waals surface area contributed by atoms with Gasteiger partial charge in [0.05, 0.1) is 11.9 Å². The number of halogens is 1. The summed E-state index contributed by atoms with van der Waals surface area (Å²) in [4.78, 5) is 23.5. The van der Waals surface area contributed by atoms with Gasteiger partial charge < -0.3 is 9.84 Å². The summed E-state index contributed by atoms with van der Waals surface area (Å²) in [7, 11) is 0. The molecule has 1 heterocycles. The van der Waals surface area contributed by atoms with Crippen LogP contribution in [0.25, 0.3) is 11.3 Å². The van der Waals surface area contributed by atoms with E-state index < -0.39 is 23.5 Å². The molecular weight excluding hydrogens is 291 g/mol. The molecule has 0 saturated carbocycles. The van der Waals surface area contributed by atoms with Gasteiger partial charge in [-0.05, 0) is 45.0 Å². The van der Waals surface area contributed by atoms with Crippen molar-refractivity contribution in [3.05, 3.63) is 41.8 Å². The predicted octanol–water partition coefficient (Wildman–Crippen LogP) is 3.17. The lowest BCUT2D eigenvalue weighted by Gasteiger charge is -2.19. The molecule has 0 aliphatic rings. The van der Waals surface area contributed by atoms with Crippen LogP contribution in [-0.2, 0) is 4.74 Å². The minimum absolute atomic E-state index is 0.0433. The third-order valence-electron chi connectivity index (χ3n) is 2.68. The average molecular weight is 306 g/mol. The Kier molecular flexibility index (Phi) is 3.99. The Morgan fingerprint density at radius 2 is 1.82 bits per heavy atom. The molecule has 0 fully saturated rings. The standard InChI is InChI=1S/C15H15FN2O4/c1-15(2,3)22-14(21)18-12(11(8-17-18)13(19)20)9-4-6-10(16)7-5-9/h4-8H,1-3H3,(H,19,20). The third kappa shape index (κ3) is 3.30. The largest absolute Gasteiger partial charge is 0.478 e. The molecule has 0 spiro atoms. The molecule has 1 aromatic carbocycles. The SMILES string of the molecule is CC(C)(C)OC(=O)n1ncc(C(=O)O)c1-c1ccc(F)cc1. The molecule has 0 radical (unpaired) electrons. The molecule has 2 rings (SSSR count). The van der Waals surface area contributed by atoms with E-state index in [0.29, 0.717) is 5.56 Å². The Hall–Kier alpha value is -2.70. The zero-order chi connectivity index (χ0) is 16.5. The van der Waals surface area contributed by atoms with Crippen LogP contribution < -0.4 is 0 Å². The van der Waals surface area contributed by atoms with Crippen molar-refractivity contribution in [3.63, 3.8) is 0 Å². The van der Waals surface area contributed by atoms with E-state index >= 15 is 0 Å². The zero-order valence-electron chi connectivity index (χ0n) is 12.3. The number of benzene rings is 1. The maximum atomic E-state index is 13.0. The molecule has 0 saturated heterocycles. The van der Waals surface area contributed by atoms with Gasteiger partial charge in [0.25, 0.3) is 0 Å². The molecule has 7 heteroatoms. The van der Waals surface area contributed by atoms with Crippen LogP contribution in [0.5, 0.6) is 0 Å². The van der Waals surface area contributed by atoms with Crippen molar-refractivity contribution in [1.82, 2.24) is 9.78 Å². The Morgan fingerprint density at radius 1 is 1.23 bits per heavy atom. The fraction of sp³-hybridized carbons (Fsp3) is 0.267. The number of carboxylic acids is 1. The molecule has 0 bridgehead atoms. The fourth-order valence-corrected chi connectivity index (χ4v) is 1.83. The topological polar surface area (TPSA) is 81.4 Å². The van der Waals surface area contributed by atoms with Crippen molar-refractivity contribution in [2.45, 2.75) is 26.4 Å². The molecule has 22 heavy (non-hydrogen) atoms. The van der Waals surface area contributed by atoms with Gasteiger partial charge in [-0.1, -0.05) is 0 Å². The van der Waals surface area contributed by atoms with Gasteiger partial charge in [-0.2, -0.15) is 9.78 Å². The van der Waals surface area contributed by atoms with E-state index in [1.54, 1.807) is 20.8 Å². The monoisotopic (exact) mass is 306 g/mol. The van der Waals surface area contributed by atoms with Crippen molar-refractivity contribution >= 4 is 12.1 Å². The number of aromatic nitrogens is 2. The number of rotatable bonds is 2. The summed E-state index contributed by atoms with van der Waals surface area (Å²) in [6.45, 7) is 5.05. The lowest BCUT2D eigenvalue weighted by molar-refractivity contribution is 0.0518. The first kappa shape index (κ1) is 15.7. The molecule has 2 aromatic rings. The highest BCUT2D eigenvalue weighted by atomic mass is 19.1. The summed E-state index contributed by atoms with van der Waals surface area (Å²) in [6.07, 6.45) is 0.254. The highest BCUT2D eigenvalue weighted by molar-refractivity contribution is 5.96. The van der Waals surface area contributed by atoms with Gasteiger partial charge in [-0.15, -0.1) is 0 Å². The number of carbonyl (C=O) groups excluding carboxylic acids is 1. The van der Waals surface area contributed by atoms with Crippen molar-refractivity contribution in [2.24, 2.45) is 0 Å². The molecule has 1 N–H and O–H groups in total. The van der Waals surface area contributed by atoms with Gasteiger partial charge in [0.15, 0.2) is 0 Å². The van der Waals surface area contributed by atoms with E-state index in [1.165, 1.54) is 24.3 Å². The summed E-state index contributed by atoms with van der Waals surface area (Å²) in [5.41, 5.74) is -0.534. The molecule has 6 nitrogen and oxygen atoms in total. The summed E-state index contributed by atoms with van der Waals surface area (Å²) >= 11 is 0. The normalized spacial score (nSPS) is 11.3. The molecule has 1 aromatic heterocycles. The second-order valence-electron chi connectivity index (χ2n) is 5.61. The highest BCUT2D eigenvalue weighted by Gasteiger charge is 2.25. The third-order valence-corrected chi connectivity index (χ3v) is 2.68. The molecule has 0 aliphatic carbocycles. The Morgan fingerprint density at radius 3 is 2.32 bits per heavy atom. The highest BCUT2D eigenvalue weighted by Crippen LogP contribution is 2.25. The fourth-order valence-electron chi connectivity index (χ4n) is 1.83. The number of hydrogen-bond donors (Lipinski definition) is 1. The molecule has 0 unspecified atom stereocenters. The maximum Gasteiger partial charge on any atom is 0.435 e. The van der Waals surface area contributed by atoms with Crippen LogP contribution >= 0.6 is 0 Å². The van der Waals surface area contributed by atoms with E-state index in [9.17, 15) is 19.1 Å². The quantitative estimate of drug-likeness (QED) is 0.921. The van der Waals surface area contributed by atoms with Crippen LogP contribution in [0.2, 0.25) is 0 Å². The number of carbonyl (C=O) groups is 2. The Bertz CT molecular complexity index is 714. The number of nitrogens with zero attached hydrogens (tertiary/aromatic N) is 2. The van der Waals surface area contributed by atoms with E-state index in [2.05, 4.69) is 5.10 Å². The molecule has 0 amide bonds. The van der Waals surface area contributed by atoms with Crippen LogP contribution in [0.15, 0.2) is 30.5 Å². The summed E-state index contributed by atoms with van der Waals surface area (Å²) in [5.74, 6) is -1.71. The lowest BCUT2D eigenvalue weighted by atomic mass is 10.1. The van der Waals surface area contributed by atoms with Gasteiger partial charge in [-0.3, -0.25) is 0 Å². The minimum atomic E-state index is -1.24. The van der Waals surface area contributed by atoms with Gasteiger partial charge in [-0.25, -0.2) is 14.0 Å². The zero-order valence-corrected chi connectivity index (χ0v) is 12.3. The number of ether oxygens (including phenoxy) is 1. The second-order valence-corrected chi connectivity index (χ2v) is 5.61. The summed E-state index contributed by atoms with van der Waals surface area (Å²) < 4.78 is 19.1. The van der Waals surface area contributed by atoms with Crippen molar-refractivity contribution in [1.29, 1.82) is 0 Å². The summed E-state index contributed by atoms with van der Waals surface area (Å²) in [6, 6.07) is 5.10. The lowest BCUT2D eigenvalue weighted by Crippen LogP contribution is -2.28. The van der Waals surface area contributed by atoms with E-state index in [4.69, 9.17) is 4.74 Å². The first-order valence-corrected chi connectivity index (χ1v) is 6.49. The first-order valence-electron chi connectivity index (χ1n) is 6.49. The molecule has 0 aliphatic heterocycles. The minimum Gasteiger partial charge on any atom is -0.478 e. The van der Waals surface area contributed by atoms with Crippen LogP contribution in [-0.4, -0.2) is 32.6 Å².